The molecule has 0 saturated heterocycles. The molecule has 7 rings (SSSR count). The van der Waals surface area contributed by atoms with Gasteiger partial charge in [0, 0.05) is 0 Å². The van der Waals surface area contributed by atoms with E-state index in [9.17, 15) is 10.2 Å². The average molecular weight is 595 g/mol. The standard InChI is InChI=1S/C44H34O2/c1-3-35-36(4-2)42(34-22-14-16-30(26-34)28-46)44-40(32-19-9-6-10-20-32)38-24-12-11-23-37(38)39(31-17-7-5-8-18-31)43(44)41(35)33-21-13-15-29(25-33)27-45/h3-26,45-46H,1-2,27-28H2. The first-order chi connectivity index (χ1) is 22.7. The molecule has 0 heterocycles. The largest absolute Gasteiger partial charge is 0.392 e. The van der Waals surface area contributed by atoms with Gasteiger partial charge in [0.25, 0.3) is 0 Å². The van der Waals surface area contributed by atoms with Gasteiger partial charge in [0.1, 0.15) is 0 Å². The fraction of sp³-hybridized carbons (Fsp3) is 0.0455. The van der Waals surface area contributed by atoms with Crippen molar-refractivity contribution in [3.05, 3.63) is 169 Å². The first-order valence-electron chi connectivity index (χ1n) is 15.5. The summed E-state index contributed by atoms with van der Waals surface area (Å²) in [5.41, 5.74) is 12.2. The number of aliphatic hydroxyl groups excluding tert-OH is 2. The Kier molecular flexibility index (Phi) is 7.90. The van der Waals surface area contributed by atoms with E-state index < -0.39 is 0 Å². The van der Waals surface area contributed by atoms with Crippen molar-refractivity contribution in [3.63, 3.8) is 0 Å². The van der Waals surface area contributed by atoms with E-state index in [-0.39, 0.29) is 13.2 Å². The number of aliphatic hydroxyl groups is 2. The smallest absolute Gasteiger partial charge is 0.0682 e. The van der Waals surface area contributed by atoms with Gasteiger partial charge in [0.2, 0.25) is 0 Å². The number of hydrogen-bond donors (Lipinski definition) is 2. The van der Waals surface area contributed by atoms with Crippen LogP contribution < -0.4 is 0 Å². The van der Waals surface area contributed by atoms with E-state index in [1.807, 2.05) is 36.4 Å². The first-order valence-corrected chi connectivity index (χ1v) is 15.5. The maximum absolute atomic E-state index is 10.2. The topological polar surface area (TPSA) is 40.5 Å². The van der Waals surface area contributed by atoms with Gasteiger partial charge < -0.3 is 10.2 Å². The van der Waals surface area contributed by atoms with E-state index in [1.54, 1.807) is 0 Å². The van der Waals surface area contributed by atoms with Crippen LogP contribution in [0, 0.1) is 0 Å². The third-order valence-corrected chi connectivity index (χ3v) is 8.87. The van der Waals surface area contributed by atoms with Gasteiger partial charge >= 0.3 is 0 Å². The summed E-state index contributed by atoms with van der Waals surface area (Å²) in [6.07, 6.45) is 3.87. The van der Waals surface area contributed by atoms with Crippen LogP contribution in [0.5, 0.6) is 0 Å². The second kappa shape index (κ2) is 12.5. The summed E-state index contributed by atoms with van der Waals surface area (Å²) in [5.74, 6) is 0. The predicted molar refractivity (Wildman–Crippen MR) is 195 cm³/mol. The molecule has 7 aromatic rings. The number of benzene rings is 7. The van der Waals surface area contributed by atoms with E-state index in [4.69, 9.17) is 0 Å². The molecule has 0 atom stereocenters. The molecule has 0 bridgehead atoms. The van der Waals surface area contributed by atoms with Crippen molar-refractivity contribution in [1.29, 1.82) is 0 Å². The number of rotatable bonds is 8. The lowest BCUT2D eigenvalue weighted by Gasteiger charge is -2.27. The monoisotopic (exact) mass is 594 g/mol. The molecule has 0 aliphatic heterocycles. The molecule has 2 heteroatoms. The highest BCUT2D eigenvalue weighted by Crippen LogP contribution is 2.53. The highest BCUT2D eigenvalue weighted by Gasteiger charge is 2.27. The maximum atomic E-state index is 10.2. The summed E-state index contributed by atoms with van der Waals surface area (Å²) in [5, 5.41) is 24.9. The molecule has 0 aliphatic carbocycles. The minimum atomic E-state index is -0.0563. The Bertz CT molecular complexity index is 2080. The van der Waals surface area contributed by atoms with Crippen molar-refractivity contribution in [1.82, 2.24) is 0 Å². The van der Waals surface area contributed by atoms with Crippen LogP contribution in [0.2, 0.25) is 0 Å². The van der Waals surface area contributed by atoms with Gasteiger partial charge in [0.05, 0.1) is 13.2 Å². The fourth-order valence-corrected chi connectivity index (χ4v) is 6.96. The zero-order valence-electron chi connectivity index (χ0n) is 25.6. The summed E-state index contributed by atoms with van der Waals surface area (Å²) in [6.45, 7) is 8.59. The Hall–Kier alpha value is -5.54. The van der Waals surface area contributed by atoms with E-state index in [2.05, 4.69) is 122 Å². The molecule has 0 unspecified atom stereocenters. The van der Waals surface area contributed by atoms with Gasteiger partial charge in [-0.3, -0.25) is 0 Å². The van der Waals surface area contributed by atoms with Crippen molar-refractivity contribution < 1.29 is 10.2 Å². The lowest BCUT2D eigenvalue weighted by molar-refractivity contribution is 0.281. The molecule has 0 aromatic heterocycles. The molecule has 0 fully saturated rings. The highest BCUT2D eigenvalue weighted by molar-refractivity contribution is 6.29. The molecule has 0 saturated carbocycles. The van der Waals surface area contributed by atoms with Gasteiger partial charge in [-0.1, -0.05) is 147 Å². The van der Waals surface area contributed by atoms with E-state index in [0.29, 0.717) is 0 Å². The van der Waals surface area contributed by atoms with Crippen LogP contribution in [0.25, 0.3) is 78.2 Å². The molecular formula is C44H34O2. The van der Waals surface area contributed by atoms with E-state index in [1.165, 1.54) is 0 Å². The van der Waals surface area contributed by atoms with Crippen LogP contribution in [0.4, 0.5) is 0 Å². The van der Waals surface area contributed by atoms with Gasteiger partial charge in [0.15, 0.2) is 0 Å². The third kappa shape index (κ3) is 4.85. The quantitative estimate of drug-likeness (QED) is 0.172. The lowest BCUT2D eigenvalue weighted by Crippen LogP contribution is -2.01. The molecule has 0 aliphatic rings. The maximum Gasteiger partial charge on any atom is 0.0682 e. The highest BCUT2D eigenvalue weighted by atomic mass is 16.3. The van der Waals surface area contributed by atoms with Gasteiger partial charge in [-0.15, -0.1) is 0 Å². The second-order valence-corrected chi connectivity index (χ2v) is 11.5. The molecule has 0 radical (unpaired) electrons. The summed E-state index contributed by atoms with van der Waals surface area (Å²) < 4.78 is 0. The summed E-state index contributed by atoms with van der Waals surface area (Å²) in [7, 11) is 0. The van der Waals surface area contributed by atoms with Crippen LogP contribution in [0.3, 0.4) is 0 Å². The summed E-state index contributed by atoms with van der Waals surface area (Å²) in [6, 6.07) is 46.1. The van der Waals surface area contributed by atoms with Crippen molar-refractivity contribution in [3.8, 4) is 44.5 Å². The zero-order chi connectivity index (χ0) is 31.6. The second-order valence-electron chi connectivity index (χ2n) is 11.5. The van der Waals surface area contributed by atoms with E-state index >= 15 is 0 Å². The lowest BCUT2D eigenvalue weighted by atomic mass is 9.76. The third-order valence-electron chi connectivity index (χ3n) is 8.87. The average Bonchev–Trinajstić information content (AvgIpc) is 3.13. The fourth-order valence-electron chi connectivity index (χ4n) is 6.96. The van der Waals surface area contributed by atoms with Crippen LogP contribution in [0.1, 0.15) is 22.3 Å². The molecule has 7 aromatic carbocycles. The van der Waals surface area contributed by atoms with Crippen molar-refractivity contribution in [2.45, 2.75) is 13.2 Å². The Balaban J connectivity index is 1.88. The van der Waals surface area contributed by atoms with Crippen molar-refractivity contribution >= 4 is 33.7 Å². The normalized spacial score (nSPS) is 11.2. The van der Waals surface area contributed by atoms with Gasteiger partial charge in [-0.25, -0.2) is 0 Å². The summed E-state index contributed by atoms with van der Waals surface area (Å²) in [4.78, 5) is 0. The Morgan fingerprint density at radius 2 is 0.783 bits per heavy atom. The van der Waals surface area contributed by atoms with E-state index in [0.717, 1.165) is 88.3 Å². The molecular weight excluding hydrogens is 560 g/mol. The SMILES string of the molecule is C=Cc1c(C=C)c(-c2cccc(CO)c2)c2c(-c3ccccc3)c3ccccc3c(-c3ccccc3)c2c1-c1cccc(CO)c1. The Morgan fingerprint density at radius 1 is 0.413 bits per heavy atom. The van der Waals surface area contributed by atoms with Crippen LogP contribution >= 0.6 is 0 Å². The van der Waals surface area contributed by atoms with Gasteiger partial charge in [-0.05, 0) is 100 Å². The van der Waals surface area contributed by atoms with Crippen molar-refractivity contribution in [2.75, 3.05) is 0 Å². The molecule has 0 amide bonds. The molecule has 222 valence electrons. The summed E-state index contributed by atoms with van der Waals surface area (Å²) >= 11 is 0. The predicted octanol–water partition coefficient (Wildman–Crippen LogP) is 10.9. The van der Waals surface area contributed by atoms with Crippen LogP contribution in [-0.2, 0) is 13.2 Å². The molecule has 0 spiro atoms. The zero-order valence-corrected chi connectivity index (χ0v) is 25.6. The number of fused-ring (bicyclic) bond motifs is 2. The Morgan fingerprint density at radius 3 is 1.15 bits per heavy atom. The van der Waals surface area contributed by atoms with Crippen molar-refractivity contribution in [2.24, 2.45) is 0 Å². The van der Waals surface area contributed by atoms with Crippen LogP contribution in [0.15, 0.2) is 147 Å². The molecule has 46 heavy (non-hydrogen) atoms. The Labute approximate surface area is 269 Å². The molecule has 2 nitrogen and oxygen atoms in total. The van der Waals surface area contributed by atoms with Crippen LogP contribution in [-0.4, -0.2) is 10.2 Å². The number of hydrogen-bond acceptors (Lipinski definition) is 2. The minimum absolute atomic E-state index is 0.0563. The molecule has 2 N–H and O–H groups in total. The first kappa shape index (κ1) is 29.2. The van der Waals surface area contributed by atoms with Gasteiger partial charge in [-0.2, -0.15) is 0 Å². The minimum Gasteiger partial charge on any atom is -0.392 e.